The molecule has 0 fully saturated rings. The van der Waals surface area contributed by atoms with Crippen molar-refractivity contribution < 1.29 is 28.8 Å². The Kier molecular flexibility index (Phi) is 16.1. The molecule has 13 aromatic carbocycles. The molecule has 90 heavy (non-hydrogen) atoms. The van der Waals surface area contributed by atoms with Gasteiger partial charge in [0.15, 0.2) is 34.7 Å². The first kappa shape index (κ1) is 57.0. The fourth-order valence-corrected chi connectivity index (χ4v) is 11.7. The second-order valence-corrected chi connectivity index (χ2v) is 21.9. The third-order valence-electron chi connectivity index (χ3n) is 16.3. The molecular formula is C84H54O6. The first-order valence-corrected chi connectivity index (χ1v) is 29.6. The average molecular weight is 1160 g/mol. The van der Waals surface area contributed by atoms with Crippen molar-refractivity contribution >= 4 is 34.7 Å². The SMILES string of the molecule is O=C(c1ccccc1)c1ccc(-c2c(-c3ccc(C(=O)c4ccccc4)cc3)c(-c3ccc(C(=O)c4ccccc4)cc3)c(-c3ccc(C(=O)c4ccccc4)cc3)c(-c3ccc(C(=O)c4ccccc4)cc3)c2-c2ccc(C(=O)c3ccccc3)cc2)cc1. The zero-order chi connectivity index (χ0) is 61.5. The fourth-order valence-electron chi connectivity index (χ4n) is 11.7. The van der Waals surface area contributed by atoms with Crippen LogP contribution in [0.4, 0.5) is 0 Å². The minimum absolute atomic E-state index is 0.152. The summed E-state index contributed by atoms with van der Waals surface area (Å²) in [5.41, 5.74) is 14.8. The van der Waals surface area contributed by atoms with Crippen LogP contribution in [0.2, 0.25) is 0 Å². The molecule has 0 bridgehead atoms. The fraction of sp³-hybridized carbons (Fsp3) is 0. The van der Waals surface area contributed by atoms with E-state index in [4.69, 9.17) is 0 Å². The Labute approximate surface area is 521 Å². The van der Waals surface area contributed by atoms with E-state index in [2.05, 4.69) is 0 Å². The lowest BCUT2D eigenvalue weighted by Crippen LogP contribution is -2.06. The molecule has 0 amide bonds. The van der Waals surface area contributed by atoms with E-state index in [-0.39, 0.29) is 34.7 Å². The van der Waals surface area contributed by atoms with Crippen LogP contribution in [-0.4, -0.2) is 34.7 Å². The van der Waals surface area contributed by atoms with Crippen LogP contribution in [0, 0.1) is 0 Å². The van der Waals surface area contributed by atoms with Gasteiger partial charge < -0.3 is 0 Å². The Balaban J connectivity index is 1.16. The summed E-state index contributed by atoms with van der Waals surface area (Å²) in [4.78, 5) is 85.7. The summed E-state index contributed by atoms with van der Waals surface area (Å²) in [6.07, 6.45) is 0. The van der Waals surface area contributed by atoms with E-state index in [9.17, 15) is 28.8 Å². The minimum Gasteiger partial charge on any atom is -0.289 e. The maximum Gasteiger partial charge on any atom is 0.193 e. The molecule has 0 spiro atoms. The van der Waals surface area contributed by atoms with Gasteiger partial charge >= 0.3 is 0 Å². The lowest BCUT2D eigenvalue weighted by molar-refractivity contribution is 0.103. The van der Waals surface area contributed by atoms with E-state index in [1.54, 1.807) is 72.8 Å². The molecular weight excluding hydrogens is 1100 g/mol. The Morgan fingerprint density at radius 2 is 0.222 bits per heavy atom. The second kappa shape index (κ2) is 25.5. The summed E-state index contributed by atoms with van der Waals surface area (Å²) in [5, 5.41) is 0. The van der Waals surface area contributed by atoms with Gasteiger partial charge in [0.25, 0.3) is 0 Å². The minimum atomic E-state index is -0.152. The molecule has 0 atom stereocenters. The average Bonchev–Trinajstić information content (AvgIpc) is 0.725. The van der Waals surface area contributed by atoms with E-state index in [1.165, 1.54) is 0 Å². The molecule has 0 aliphatic rings. The van der Waals surface area contributed by atoms with Crippen LogP contribution in [0.3, 0.4) is 0 Å². The Bertz CT molecular complexity index is 3970. The van der Waals surface area contributed by atoms with E-state index in [0.717, 1.165) is 66.8 Å². The molecule has 0 aliphatic carbocycles. The molecule has 13 aromatic rings. The van der Waals surface area contributed by atoms with Crippen molar-refractivity contribution in [2.24, 2.45) is 0 Å². The summed E-state index contributed by atoms with van der Waals surface area (Å²) < 4.78 is 0. The van der Waals surface area contributed by atoms with Crippen LogP contribution in [0.25, 0.3) is 66.8 Å². The van der Waals surface area contributed by atoms with Crippen LogP contribution < -0.4 is 0 Å². The molecule has 0 N–H and O–H groups in total. The van der Waals surface area contributed by atoms with E-state index >= 15 is 0 Å². The molecule has 426 valence electrons. The highest BCUT2D eigenvalue weighted by Crippen LogP contribution is 2.56. The van der Waals surface area contributed by atoms with E-state index < -0.39 is 0 Å². The third-order valence-corrected chi connectivity index (χ3v) is 16.3. The lowest BCUT2D eigenvalue weighted by Gasteiger charge is -2.29. The molecule has 0 saturated heterocycles. The summed E-state index contributed by atoms with van der Waals surface area (Å²) in [6, 6.07) is 100. The highest BCUT2D eigenvalue weighted by Gasteiger charge is 2.31. The third kappa shape index (κ3) is 11.6. The van der Waals surface area contributed by atoms with Gasteiger partial charge in [0.2, 0.25) is 0 Å². The summed E-state index contributed by atoms with van der Waals surface area (Å²) in [5.74, 6) is -0.910. The highest BCUT2D eigenvalue weighted by molar-refractivity contribution is 6.18. The molecule has 0 unspecified atom stereocenters. The topological polar surface area (TPSA) is 102 Å². The molecule has 0 aromatic heterocycles. The number of rotatable bonds is 18. The maximum absolute atomic E-state index is 14.3. The van der Waals surface area contributed by atoms with Gasteiger partial charge in [-0.15, -0.1) is 0 Å². The van der Waals surface area contributed by atoms with Gasteiger partial charge in [-0.3, -0.25) is 28.8 Å². The normalized spacial score (nSPS) is 10.9. The predicted octanol–water partition coefficient (Wildman–Crippen LogP) is 19.1. The van der Waals surface area contributed by atoms with Crippen molar-refractivity contribution in [3.05, 3.63) is 394 Å². The molecule has 13 rings (SSSR count). The number of carbonyl (C=O) groups is 6. The van der Waals surface area contributed by atoms with E-state index in [1.807, 2.05) is 255 Å². The van der Waals surface area contributed by atoms with Crippen molar-refractivity contribution in [1.82, 2.24) is 0 Å². The highest BCUT2D eigenvalue weighted by atomic mass is 16.1. The molecule has 0 radical (unpaired) electrons. The quantitative estimate of drug-likeness (QED) is 0.0793. The van der Waals surface area contributed by atoms with Crippen LogP contribution in [0.5, 0.6) is 0 Å². The number of hydrogen-bond donors (Lipinski definition) is 0. The van der Waals surface area contributed by atoms with Crippen molar-refractivity contribution in [2.75, 3.05) is 0 Å². The van der Waals surface area contributed by atoms with Crippen molar-refractivity contribution in [3.63, 3.8) is 0 Å². The van der Waals surface area contributed by atoms with Crippen LogP contribution in [0.15, 0.2) is 328 Å². The zero-order valence-electron chi connectivity index (χ0n) is 48.6. The summed E-state index contributed by atoms with van der Waals surface area (Å²) in [6.45, 7) is 0. The van der Waals surface area contributed by atoms with Gasteiger partial charge in [-0.05, 0) is 66.8 Å². The van der Waals surface area contributed by atoms with Gasteiger partial charge in [0, 0.05) is 66.8 Å². The molecule has 6 heteroatoms. The molecule has 0 aliphatic heterocycles. The van der Waals surface area contributed by atoms with Crippen molar-refractivity contribution in [1.29, 1.82) is 0 Å². The smallest absolute Gasteiger partial charge is 0.193 e. The van der Waals surface area contributed by atoms with Gasteiger partial charge in [0.05, 0.1) is 0 Å². The lowest BCUT2D eigenvalue weighted by atomic mass is 9.73. The number of benzene rings is 13. The van der Waals surface area contributed by atoms with Gasteiger partial charge in [0.1, 0.15) is 0 Å². The largest absolute Gasteiger partial charge is 0.289 e. The van der Waals surface area contributed by atoms with Crippen LogP contribution >= 0.6 is 0 Å². The molecule has 6 nitrogen and oxygen atoms in total. The van der Waals surface area contributed by atoms with Gasteiger partial charge in [-0.25, -0.2) is 0 Å². The summed E-state index contributed by atoms with van der Waals surface area (Å²) >= 11 is 0. The maximum atomic E-state index is 14.3. The molecule has 0 saturated carbocycles. The number of ketones is 6. The van der Waals surface area contributed by atoms with Gasteiger partial charge in [-0.1, -0.05) is 328 Å². The van der Waals surface area contributed by atoms with Crippen molar-refractivity contribution in [3.8, 4) is 66.8 Å². The second-order valence-electron chi connectivity index (χ2n) is 21.9. The Hall–Kier alpha value is -12.1. The number of hydrogen-bond acceptors (Lipinski definition) is 6. The monoisotopic (exact) mass is 1160 g/mol. The number of carbonyl (C=O) groups excluding carboxylic acids is 6. The zero-order valence-corrected chi connectivity index (χ0v) is 48.6. The first-order chi connectivity index (χ1) is 44.2. The van der Waals surface area contributed by atoms with Crippen LogP contribution in [0.1, 0.15) is 95.5 Å². The van der Waals surface area contributed by atoms with Crippen molar-refractivity contribution in [2.45, 2.75) is 0 Å². The van der Waals surface area contributed by atoms with E-state index in [0.29, 0.717) is 66.8 Å². The predicted molar refractivity (Wildman–Crippen MR) is 358 cm³/mol. The Morgan fingerprint density at radius 1 is 0.122 bits per heavy atom. The summed E-state index contributed by atoms with van der Waals surface area (Å²) in [7, 11) is 0. The Morgan fingerprint density at radius 3 is 0.333 bits per heavy atom. The van der Waals surface area contributed by atoms with Gasteiger partial charge in [-0.2, -0.15) is 0 Å². The van der Waals surface area contributed by atoms with Crippen LogP contribution in [-0.2, 0) is 0 Å². The first-order valence-electron chi connectivity index (χ1n) is 29.6. The standard InChI is InChI=1S/C84H54O6/c85-79(61-19-7-1-8-20-61)67-43-31-55(32-44-67)73-74(56-33-45-68(46-34-56)80(86)62-21-9-2-10-22-62)76(58-37-49-70(50-38-58)82(88)64-25-13-4-14-26-64)78(60-41-53-72(54-42-60)84(90)66-29-17-6-18-30-66)77(59-39-51-71(52-40-59)83(89)65-27-15-5-16-28-65)75(73)57-35-47-69(48-36-57)81(87)63-23-11-3-12-24-63/h1-54H. The molecule has 0 heterocycles.